The van der Waals surface area contributed by atoms with Gasteiger partial charge in [0.1, 0.15) is 0 Å². The molecule has 2 saturated heterocycles. The summed E-state index contributed by atoms with van der Waals surface area (Å²) in [5, 5.41) is 4.25. The molecular weight excluding hydrogens is 384 g/mol. The predicted molar refractivity (Wildman–Crippen MR) is 107 cm³/mol. The maximum absolute atomic E-state index is 13.1. The highest BCUT2D eigenvalue weighted by Gasteiger charge is 2.50. The van der Waals surface area contributed by atoms with Crippen LogP contribution in [0.3, 0.4) is 0 Å². The first-order valence-electron chi connectivity index (χ1n) is 10.8. The third-order valence-electron chi connectivity index (χ3n) is 7.18. The van der Waals surface area contributed by atoms with Crippen LogP contribution in [0.15, 0.2) is 22.7 Å². The number of benzene rings is 1. The van der Waals surface area contributed by atoms with Gasteiger partial charge in [-0.2, -0.15) is 4.98 Å². The number of piperidine rings is 1. The molecule has 0 N–H and O–H groups in total. The lowest BCUT2D eigenvalue weighted by atomic mass is 9.70. The smallest absolute Gasteiger partial charge is 0.253 e. The van der Waals surface area contributed by atoms with Gasteiger partial charge >= 0.3 is 0 Å². The van der Waals surface area contributed by atoms with Crippen LogP contribution in [0.5, 0.6) is 11.5 Å². The van der Waals surface area contributed by atoms with Gasteiger partial charge in [-0.1, -0.05) is 5.16 Å². The van der Waals surface area contributed by atoms with E-state index < -0.39 is 0 Å². The van der Waals surface area contributed by atoms with Crippen LogP contribution >= 0.6 is 0 Å². The molecule has 30 heavy (non-hydrogen) atoms. The predicted octanol–water partition coefficient (Wildman–Crippen LogP) is 2.63. The number of likely N-dealkylation sites (tertiary alicyclic amines) is 2. The van der Waals surface area contributed by atoms with Crippen molar-refractivity contribution in [2.75, 3.05) is 40.0 Å². The standard InChI is InChI=1S/C22H26N4O4/c1-25-11-16(20-23-19(24-30-20)14-2-3-14)22(12-25)6-8-26(9-7-22)21(27)15-4-5-17-18(10-15)29-13-28-17/h4-5,10,14,16H,2-3,6-9,11-13H2,1H3. The van der Waals surface area contributed by atoms with Gasteiger partial charge in [0.25, 0.3) is 5.91 Å². The number of amides is 1. The van der Waals surface area contributed by atoms with Crippen LogP contribution in [-0.2, 0) is 0 Å². The molecule has 2 aromatic rings. The Hall–Kier alpha value is -2.61. The lowest BCUT2D eigenvalue weighted by Gasteiger charge is -2.41. The largest absolute Gasteiger partial charge is 0.454 e. The Morgan fingerprint density at radius 2 is 1.97 bits per heavy atom. The molecular formula is C22H26N4O4. The summed E-state index contributed by atoms with van der Waals surface area (Å²) in [6.07, 6.45) is 4.23. The van der Waals surface area contributed by atoms with Crippen molar-refractivity contribution in [1.82, 2.24) is 19.9 Å². The minimum atomic E-state index is 0.0554. The van der Waals surface area contributed by atoms with Crippen LogP contribution in [0, 0.1) is 5.41 Å². The van der Waals surface area contributed by atoms with Gasteiger partial charge in [-0.05, 0) is 56.3 Å². The molecule has 1 saturated carbocycles. The van der Waals surface area contributed by atoms with Gasteiger partial charge in [0.2, 0.25) is 12.7 Å². The number of nitrogens with zero attached hydrogens (tertiary/aromatic N) is 4. The molecule has 3 aliphatic heterocycles. The van der Waals surface area contributed by atoms with Crippen LogP contribution in [0.4, 0.5) is 0 Å². The Morgan fingerprint density at radius 3 is 2.77 bits per heavy atom. The van der Waals surface area contributed by atoms with Crippen LogP contribution < -0.4 is 9.47 Å². The summed E-state index contributed by atoms with van der Waals surface area (Å²) in [4.78, 5) is 22.2. The molecule has 8 heteroatoms. The summed E-state index contributed by atoms with van der Waals surface area (Å²) in [5.41, 5.74) is 0.745. The van der Waals surface area contributed by atoms with E-state index in [1.54, 1.807) is 6.07 Å². The lowest BCUT2D eigenvalue weighted by Crippen LogP contribution is -2.46. The van der Waals surface area contributed by atoms with Gasteiger partial charge in [-0.25, -0.2) is 0 Å². The fraction of sp³-hybridized carbons (Fsp3) is 0.591. The highest BCUT2D eigenvalue weighted by molar-refractivity contribution is 5.95. The van der Waals surface area contributed by atoms with Crippen molar-refractivity contribution in [3.63, 3.8) is 0 Å². The Morgan fingerprint density at radius 1 is 1.17 bits per heavy atom. The van der Waals surface area contributed by atoms with Crippen molar-refractivity contribution in [2.45, 2.75) is 37.5 Å². The van der Waals surface area contributed by atoms with Crippen molar-refractivity contribution in [2.24, 2.45) is 5.41 Å². The zero-order valence-electron chi connectivity index (χ0n) is 17.2. The highest BCUT2D eigenvalue weighted by Crippen LogP contribution is 2.50. The fourth-order valence-electron chi connectivity index (χ4n) is 5.33. The molecule has 1 unspecified atom stereocenters. The molecule has 8 nitrogen and oxygen atoms in total. The topological polar surface area (TPSA) is 80.9 Å². The van der Waals surface area contributed by atoms with Gasteiger partial charge in [0, 0.05) is 37.7 Å². The number of fused-ring (bicyclic) bond motifs is 1. The molecule has 1 atom stereocenters. The Labute approximate surface area is 175 Å². The number of likely N-dealkylation sites (N-methyl/N-ethyl adjacent to an activating group) is 1. The van der Waals surface area contributed by atoms with Gasteiger partial charge in [-0.15, -0.1) is 0 Å². The molecule has 4 aliphatic rings. The number of rotatable bonds is 3. The number of aromatic nitrogens is 2. The average molecular weight is 410 g/mol. The summed E-state index contributed by atoms with van der Waals surface area (Å²) in [6.45, 7) is 3.63. The van der Waals surface area contributed by atoms with Crippen LogP contribution in [0.2, 0.25) is 0 Å². The van der Waals surface area contributed by atoms with Gasteiger partial charge in [-0.3, -0.25) is 4.79 Å². The summed E-state index contributed by atoms with van der Waals surface area (Å²) in [5.74, 6) is 3.81. The second-order valence-electron chi connectivity index (χ2n) is 9.24. The van der Waals surface area contributed by atoms with E-state index >= 15 is 0 Å². The van der Waals surface area contributed by atoms with Crippen LogP contribution in [0.25, 0.3) is 0 Å². The summed E-state index contributed by atoms with van der Waals surface area (Å²) >= 11 is 0. The average Bonchev–Trinajstić information content (AvgIpc) is 3.18. The maximum Gasteiger partial charge on any atom is 0.253 e. The van der Waals surface area contributed by atoms with E-state index in [1.165, 1.54) is 12.8 Å². The van der Waals surface area contributed by atoms with Crippen LogP contribution in [0.1, 0.15) is 59.6 Å². The van der Waals surface area contributed by atoms with Crippen LogP contribution in [-0.4, -0.2) is 65.9 Å². The first-order chi connectivity index (χ1) is 14.6. The van der Waals surface area contributed by atoms with Gasteiger partial charge in [0.15, 0.2) is 17.3 Å². The van der Waals surface area contributed by atoms with Crippen molar-refractivity contribution in [3.8, 4) is 11.5 Å². The summed E-state index contributed by atoms with van der Waals surface area (Å²) in [6, 6.07) is 5.43. The molecule has 3 fully saturated rings. The molecule has 1 spiro atoms. The minimum Gasteiger partial charge on any atom is -0.454 e. The van der Waals surface area contributed by atoms with E-state index in [9.17, 15) is 4.79 Å². The van der Waals surface area contributed by atoms with Crippen molar-refractivity contribution < 1.29 is 18.8 Å². The van der Waals surface area contributed by atoms with E-state index in [0.29, 0.717) is 23.0 Å². The zero-order chi connectivity index (χ0) is 20.3. The second kappa shape index (κ2) is 6.70. The molecule has 0 bridgehead atoms. The molecule has 6 rings (SSSR count). The molecule has 1 amide bonds. The monoisotopic (exact) mass is 410 g/mol. The fourth-order valence-corrected chi connectivity index (χ4v) is 5.33. The SMILES string of the molecule is CN1CC(c2nc(C3CC3)no2)C2(CCN(C(=O)c3ccc4c(c3)OCO4)CC2)C1. The Balaban J connectivity index is 1.18. The first-order valence-corrected chi connectivity index (χ1v) is 10.8. The number of hydrogen-bond donors (Lipinski definition) is 0. The van der Waals surface area contributed by atoms with Gasteiger partial charge in [0.05, 0.1) is 5.92 Å². The number of carbonyl (C=O) groups is 1. The number of ether oxygens (including phenoxy) is 2. The molecule has 158 valence electrons. The summed E-state index contributed by atoms with van der Waals surface area (Å²) < 4.78 is 16.5. The third-order valence-corrected chi connectivity index (χ3v) is 7.18. The molecule has 1 aliphatic carbocycles. The third kappa shape index (κ3) is 2.96. The van der Waals surface area contributed by atoms with E-state index in [4.69, 9.17) is 19.0 Å². The van der Waals surface area contributed by atoms with Gasteiger partial charge < -0.3 is 23.8 Å². The Kier molecular flexibility index (Phi) is 4.06. The number of hydrogen-bond acceptors (Lipinski definition) is 7. The van der Waals surface area contributed by atoms with E-state index in [-0.39, 0.29) is 24.0 Å². The molecule has 1 aromatic heterocycles. The molecule has 0 radical (unpaired) electrons. The number of carbonyl (C=O) groups excluding carboxylic acids is 1. The molecule has 4 heterocycles. The minimum absolute atomic E-state index is 0.0554. The first kappa shape index (κ1) is 18.2. The van der Waals surface area contributed by atoms with Crippen molar-refractivity contribution in [1.29, 1.82) is 0 Å². The molecule has 1 aromatic carbocycles. The van der Waals surface area contributed by atoms with E-state index in [1.807, 2.05) is 17.0 Å². The van der Waals surface area contributed by atoms with E-state index in [2.05, 4.69) is 17.1 Å². The maximum atomic E-state index is 13.1. The highest BCUT2D eigenvalue weighted by atomic mass is 16.7. The lowest BCUT2D eigenvalue weighted by molar-refractivity contribution is 0.0548. The normalized spacial score (nSPS) is 25.2. The quantitative estimate of drug-likeness (QED) is 0.769. The van der Waals surface area contributed by atoms with Crippen molar-refractivity contribution in [3.05, 3.63) is 35.5 Å². The second-order valence-corrected chi connectivity index (χ2v) is 9.24. The zero-order valence-corrected chi connectivity index (χ0v) is 17.2. The van der Waals surface area contributed by atoms with Crippen molar-refractivity contribution >= 4 is 5.91 Å². The van der Waals surface area contributed by atoms with E-state index in [0.717, 1.165) is 50.7 Å². The summed E-state index contributed by atoms with van der Waals surface area (Å²) in [7, 11) is 2.16. The Bertz CT molecular complexity index is 977.